The maximum absolute atomic E-state index is 12.4. The predicted octanol–water partition coefficient (Wildman–Crippen LogP) is 1.05. The van der Waals surface area contributed by atoms with Crippen LogP contribution in [0.25, 0.3) is 0 Å². The van der Waals surface area contributed by atoms with Gasteiger partial charge in [0, 0.05) is 31.2 Å². The number of aromatic nitrogens is 2. The molecule has 0 saturated carbocycles. The van der Waals surface area contributed by atoms with Crippen LogP contribution in [0, 0.1) is 5.92 Å². The van der Waals surface area contributed by atoms with Gasteiger partial charge in [-0.05, 0) is 24.6 Å². The topological polar surface area (TPSA) is 67.2 Å². The van der Waals surface area contributed by atoms with Crippen molar-refractivity contribution in [2.75, 3.05) is 18.0 Å². The third kappa shape index (κ3) is 3.00. The molecular formula is C16H18N4O2. The van der Waals surface area contributed by atoms with E-state index in [0.29, 0.717) is 26.1 Å². The summed E-state index contributed by atoms with van der Waals surface area (Å²) in [6, 6.07) is 11.3. The second-order valence-electron chi connectivity index (χ2n) is 5.23. The van der Waals surface area contributed by atoms with Gasteiger partial charge in [-0.15, -0.1) is 0 Å². The second kappa shape index (κ2) is 6.43. The average molecular weight is 298 g/mol. The van der Waals surface area contributed by atoms with Gasteiger partial charge in [0.2, 0.25) is 11.8 Å². The van der Waals surface area contributed by atoms with Crippen molar-refractivity contribution in [3.8, 4) is 0 Å². The SMILES string of the molecule is O=C(NCCn1cccn1)[C@H]1CCN(c2ccccc2)C1=O. The molecule has 0 unspecified atom stereocenters. The zero-order chi connectivity index (χ0) is 15.4. The van der Waals surface area contributed by atoms with E-state index < -0.39 is 5.92 Å². The highest BCUT2D eigenvalue weighted by molar-refractivity contribution is 6.09. The van der Waals surface area contributed by atoms with E-state index in [0.717, 1.165) is 5.69 Å². The summed E-state index contributed by atoms with van der Waals surface area (Å²) in [4.78, 5) is 26.2. The molecule has 1 aromatic heterocycles. The fraction of sp³-hybridized carbons (Fsp3) is 0.312. The van der Waals surface area contributed by atoms with E-state index >= 15 is 0 Å². The standard InChI is InChI=1S/C16H18N4O2/c21-15(17-9-12-19-10-4-8-18-19)14-7-11-20(16(14)22)13-5-2-1-3-6-13/h1-6,8,10,14H,7,9,11-12H2,(H,17,21)/t14-/m1/s1. The molecule has 0 aliphatic carbocycles. The molecule has 1 saturated heterocycles. The molecule has 2 heterocycles. The van der Waals surface area contributed by atoms with Crippen molar-refractivity contribution in [2.45, 2.75) is 13.0 Å². The Kier molecular flexibility index (Phi) is 4.18. The molecule has 1 fully saturated rings. The lowest BCUT2D eigenvalue weighted by atomic mass is 10.1. The summed E-state index contributed by atoms with van der Waals surface area (Å²) in [6.07, 6.45) is 4.09. The first kappa shape index (κ1) is 14.3. The smallest absolute Gasteiger partial charge is 0.239 e. The number of amides is 2. The highest BCUT2D eigenvalue weighted by Crippen LogP contribution is 2.24. The van der Waals surface area contributed by atoms with Gasteiger partial charge in [-0.3, -0.25) is 14.3 Å². The van der Waals surface area contributed by atoms with Crippen LogP contribution in [0.2, 0.25) is 0 Å². The molecule has 6 nitrogen and oxygen atoms in total. The molecule has 22 heavy (non-hydrogen) atoms. The lowest BCUT2D eigenvalue weighted by Gasteiger charge is -2.16. The Labute approximate surface area is 128 Å². The number of carbonyl (C=O) groups is 2. The molecule has 1 aliphatic heterocycles. The van der Waals surface area contributed by atoms with Crippen molar-refractivity contribution in [2.24, 2.45) is 5.92 Å². The third-order valence-corrected chi connectivity index (χ3v) is 3.79. The van der Waals surface area contributed by atoms with Gasteiger partial charge in [0.05, 0.1) is 6.54 Å². The molecule has 0 bridgehead atoms. The Morgan fingerprint density at radius 3 is 2.82 bits per heavy atom. The van der Waals surface area contributed by atoms with Gasteiger partial charge in [0.25, 0.3) is 0 Å². The van der Waals surface area contributed by atoms with Crippen molar-refractivity contribution >= 4 is 17.5 Å². The van der Waals surface area contributed by atoms with Crippen molar-refractivity contribution in [1.82, 2.24) is 15.1 Å². The van der Waals surface area contributed by atoms with E-state index in [9.17, 15) is 9.59 Å². The number of nitrogens with zero attached hydrogens (tertiary/aromatic N) is 3. The number of anilines is 1. The number of para-hydroxylation sites is 1. The van der Waals surface area contributed by atoms with E-state index in [1.165, 1.54) is 0 Å². The van der Waals surface area contributed by atoms with Gasteiger partial charge in [-0.2, -0.15) is 5.10 Å². The average Bonchev–Trinajstić information content (AvgIpc) is 3.18. The predicted molar refractivity (Wildman–Crippen MR) is 82.1 cm³/mol. The minimum atomic E-state index is -0.585. The molecule has 114 valence electrons. The van der Waals surface area contributed by atoms with Crippen LogP contribution in [0.15, 0.2) is 48.8 Å². The fourth-order valence-electron chi connectivity index (χ4n) is 2.64. The first-order valence-corrected chi connectivity index (χ1v) is 7.37. The maximum Gasteiger partial charge on any atom is 0.239 e. The van der Waals surface area contributed by atoms with Gasteiger partial charge >= 0.3 is 0 Å². The van der Waals surface area contributed by atoms with Crippen molar-refractivity contribution < 1.29 is 9.59 Å². The Bertz CT molecular complexity index is 639. The molecule has 3 rings (SSSR count). The summed E-state index contributed by atoms with van der Waals surface area (Å²) in [5, 5.41) is 6.89. The van der Waals surface area contributed by atoms with Crippen LogP contribution in [-0.4, -0.2) is 34.7 Å². The summed E-state index contributed by atoms with van der Waals surface area (Å²) in [5.74, 6) is -0.906. The van der Waals surface area contributed by atoms with Gasteiger partial charge in [-0.25, -0.2) is 0 Å². The molecule has 0 spiro atoms. The number of benzene rings is 1. The molecule has 2 amide bonds. The molecule has 2 aromatic rings. The summed E-state index contributed by atoms with van der Waals surface area (Å²) < 4.78 is 1.74. The first-order valence-electron chi connectivity index (χ1n) is 7.37. The Balaban J connectivity index is 1.54. The van der Waals surface area contributed by atoms with Crippen LogP contribution in [0.5, 0.6) is 0 Å². The van der Waals surface area contributed by atoms with Crippen LogP contribution in [0.3, 0.4) is 0 Å². The fourth-order valence-corrected chi connectivity index (χ4v) is 2.64. The van der Waals surface area contributed by atoms with Crippen molar-refractivity contribution in [1.29, 1.82) is 0 Å². The Morgan fingerprint density at radius 1 is 1.27 bits per heavy atom. The monoisotopic (exact) mass is 298 g/mol. The minimum Gasteiger partial charge on any atom is -0.354 e. The summed E-state index contributed by atoms with van der Waals surface area (Å²) in [7, 11) is 0. The molecule has 1 aromatic carbocycles. The second-order valence-corrected chi connectivity index (χ2v) is 5.23. The van der Waals surface area contributed by atoms with Crippen molar-refractivity contribution in [3.63, 3.8) is 0 Å². The first-order chi connectivity index (χ1) is 10.8. The van der Waals surface area contributed by atoms with E-state index in [1.54, 1.807) is 15.8 Å². The van der Waals surface area contributed by atoms with E-state index in [4.69, 9.17) is 0 Å². The van der Waals surface area contributed by atoms with E-state index in [2.05, 4.69) is 10.4 Å². The lowest BCUT2D eigenvalue weighted by molar-refractivity contribution is -0.132. The number of hydrogen-bond donors (Lipinski definition) is 1. The molecule has 1 atom stereocenters. The normalized spacial score (nSPS) is 17.7. The quantitative estimate of drug-likeness (QED) is 0.839. The largest absolute Gasteiger partial charge is 0.354 e. The Hall–Kier alpha value is -2.63. The molecule has 0 radical (unpaired) electrons. The number of hydrogen-bond acceptors (Lipinski definition) is 3. The minimum absolute atomic E-state index is 0.122. The zero-order valence-corrected chi connectivity index (χ0v) is 12.2. The third-order valence-electron chi connectivity index (χ3n) is 3.79. The van der Waals surface area contributed by atoms with E-state index in [1.807, 2.05) is 42.6 Å². The Morgan fingerprint density at radius 2 is 2.09 bits per heavy atom. The van der Waals surface area contributed by atoms with Crippen LogP contribution in [0.1, 0.15) is 6.42 Å². The molecule has 1 aliphatic rings. The summed E-state index contributed by atoms with van der Waals surface area (Å²) in [6.45, 7) is 1.65. The zero-order valence-electron chi connectivity index (χ0n) is 12.2. The number of nitrogens with one attached hydrogen (secondary N) is 1. The van der Waals surface area contributed by atoms with Crippen LogP contribution in [0.4, 0.5) is 5.69 Å². The summed E-state index contributed by atoms with van der Waals surface area (Å²) in [5.41, 5.74) is 0.847. The van der Waals surface area contributed by atoms with Crippen molar-refractivity contribution in [3.05, 3.63) is 48.8 Å². The number of carbonyl (C=O) groups excluding carboxylic acids is 2. The van der Waals surface area contributed by atoms with Gasteiger partial charge < -0.3 is 10.2 Å². The van der Waals surface area contributed by atoms with Crippen LogP contribution >= 0.6 is 0 Å². The number of rotatable bonds is 5. The van der Waals surface area contributed by atoms with Crippen LogP contribution in [-0.2, 0) is 16.1 Å². The van der Waals surface area contributed by atoms with E-state index in [-0.39, 0.29) is 11.8 Å². The highest BCUT2D eigenvalue weighted by atomic mass is 16.2. The van der Waals surface area contributed by atoms with Gasteiger partial charge in [0.15, 0.2) is 0 Å². The molecular weight excluding hydrogens is 280 g/mol. The van der Waals surface area contributed by atoms with Gasteiger partial charge in [-0.1, -0.05) is 18.2 Å². The lowest BCUT2D eigenvalue weighted by Crippen LogP contribution is -2.38. The van der Waals surface area contributed by atoms with Crippen LogP contribution < -0.4 is 10.2 Å². The highest BCUT2D eigenvalue weighted by Gasteiger charge is 2.37. The molecule has 1 N–H and O–H groups in total. The van der Waals surface area contributed by atoms with Gasteiger partial charge in [0.1, 0.15) is 5.92 Å². The molecule has 6 heteroatoms. The maximum atomic E-state index is 12.4. The summed E-state index contributed by atoms with van der Waals surface area (Å²) >= 11 is 0.